The van der Waals surface area contributed by atoms with E-state index in [9.17, 15) is 9.90 Å². The Hall–Kier alpha value is -1.88. The standard InChI is InChI=1S/C11H13NO4/c1-16-11(15)8-2-3-10(14)9(6-8)7-12-4-5-13/h2-3,6-7,13-14H,4-5H2,1H3. The lowest BCUT2D eigenvalue weighted by Gasteiger charge is -2.02. The molecule has 0 heterocycles. The molecule has 5 nitrogen and oxygen atoms in total. The summed E-state index contributed by atoms with van der Waals surface area (Å²) in [5.74, 6) is -0.453. The first-order chi connectivity index (χ1) is 7.69. The number of nitrogens with zero attached hydrogens (tertiary/aromatic N) is 1. The number of rotatable bonds is 4. The van der Waals surface area contributed by atoms with Gasteiger partial charge in [0.1, 0.15) is 5.75 Å². The highest BCUT2D eigenvalue weighted by Gasteiger charge is 2.07. The zero-order chi connectivity index (χ0) is 12.0. The van der Waals surface area contributed by atoms with Gasteiger partial charge in [0.2, 0.25) is 0 Å². The fourth-order valence-corrected chi connectivity index (χ4v) is 1.12. The highest BCUT2D eigenvalue weighted by Crippen LogP contribution is 2.17. The first-order valence-electron chi connectivity index (χ1n) is 4.71. The Morgan fingerprint density at radius 1 is 1.56 bits per heavy atom. The van der Waals surface area contributed by atoms with Crippen molar-refractivity contribution in [3.05, 3.63) is 29.3 Å². The third kappa shape index (κ3) is 3.06. The second-order valence-corrected chi connectivity index (χ2v) is 3.02. The number of methoxy groups -OCH3 is 1. The van der Waals surface area contributed by atoms with Crippen molar-refractivity contribution in [3.63, 3.8) is 0 Å². The number of esters is 1. The van der Waals surface area contributed by atoms with Gasteiger partial charge in [-0.15, -0.1) is 0 Å². The van der Waals surface area contributed by atoms with Gasteiger partial charge in [-0.05, 0) is 18.2 Å². The van der Waals surface area contributed by atoms with Crippen molar-refractivity contribution < 1.29 is 19.7 Å². The van der Waals surface area contributed by atoms with Crippen molar-refractivity contribution in [3.8, 4) is 5.75 Å². The number of phenolic OH excluding ortho intramolecular Hbond substituents is 1. The maximum atomic E-state index is 11.2. The maximum absolute atomic E-state index is 11.2. The number of benzene rings is 1. The second-order valence-electron chi connectivity index (χ2n) is 3.02. The van der Waals surface area contributed by atoms with Gasteiger partial charge < -0.3 is 14.9 Å². The van der Waals surface area contributed by atoms with Gasteiger partial charge in [-0.3, -0.25) is 4.99 Å². The molecule has 0 aliphatic carbocycles. The molecule has 86 valence electrons. The van der Waals surface area contributed by atoms with Gasteiger partial charge in [-0.2, -0.15) is 0 Å². The first-order valence-corrected chi connectivity index (χ1v) is 4.71. The van der Waals surface area contributed by atoms with Crippen LogP contribution >= 0.6 is 0 Å². The van der Waals surface area contributed by atoms with Crippen LogP contribution in [0.4, 0.5) is 0 Å². The molecule has 5 heteroatoms. The van der Waals surface area contributed by atoms with Crippen LogP contribution in [0.5, 0.6) is 5.75 Å². The number of aliphatic hydroxyl groups excluding tert-OH is 1. The van der Waals surface area contributed by atoms with Crippen LogP contribution in [0.3, 0.4) is 0 Å². The second kappa shape index (κ2) is 5.87. The molecule has 0 bridgehead atoms. The SMILES string of the molecule is COC(=O)c1ccc(O)c(C=NCCO)c1. The van der Waals surface area contributed by atoms with E-state index < -0.39 is 5.97 Å². The Kier molecular flexibility index (Phi) is 4.47. The molecule has 1 rings (SSSR count). The number of aromatic hydroxyl groups is 1. The van der Waals surface area contributed by atoms with Crippen LogP contribution in [0.15, 0.2) is 23.2 Å². The Labute approximate surface area is 93.0 Å². The van der Waals surface area contributed by atoms with Crippen LogP contribution in [0.2, 0.25) is 0 Å². The van der Waals surface area contributed by atoms with E-state index in [2.05, 4.69) is 9.73 Å². The van der Waals surface area contributed by atoms with E-state index in [1.807, 2.05) is 0 Å². The summed E-state index contributed by atoms with van der Waals surface area (Å²) in [7, 11) is 1.29. The topological polar surface area (TPSA) is 79.1 Å². The average molecular weight is 223 g/mol. The predicted molar refractivity (Wildman–Crippen MR) is 59.0 cm³/mol. The summed E-state index contributed by atoms with van der Waals surface area (Å²) in [5, 5.41) is 18.0. The van der Waals surface area contributed by atoms with Crippen LogP contribution < -0.4 is 0 Å². The van der Waals surface area contributed by atoms with Gasteiger partial charge >= 0.3 is 5.97 Å². The molecule has 1 aromatic rings. The summed E-state index contributed by atoms with van der Waals surface area (Å²) in [4.78, 5) is 15.1. The van der Waals surface area contributed by atoms with Crippen LogP contribution in [0.25, 0.3) is 0 Å². The molecule has 0 aliphatic heterocycles. The van der Waals surface area contributed by atoms with Gasteiger partial charge in [0.15, 0.2) is 0 Å². The highest BCUT2D eigenvalue weighted by atomic mass is 16.5. The van der Waals surface area contributed by atoms with E-state index in [0.29, 0.717) is 11.1 Å². The molecule has 0 aliphatic rings. The molecule has 0 fully saturated rings. The quantitative estimate of drug-likeness (QED) is 0.578. The Balaban J connectivity index is 2.94. The van der Waals surface area contributed by atoms with E-state index in [1.54, 1.807) is 0 Å². The third-order valence-corrected chi connectivity index (χ3v) is 1.91. The number of carbonyl (C=O) groups is 1. The Morgan fingerprint density at radius 2 is 2.31 bits per heavy atom. The van der Waals surface area contributed by atoms with Crippen molar-refractivity contribution in [2.45, 2.75) is 0 Å². The highest BCUT2D eigenvalue weighted by molar-refractivity contribution is 5.93. The zero-order valence-electron chi connectivity index (χ0n) is 8.88. The van der Waals surface area contributed by atoms with E-state index in [0.717, 1.165) is 0 Å². The molecule has 0 aromatic heterocycles. The normalized spacial score (nSPS) is 10.6. The molecule has 16 heavy (non-hydrogen) atoms. The van der Waals surface area contributed by atoms with Crippen molar-refractivity contribution in [2.24, 2.45) is 4.99 Å². The number of ether oxygens (including phenoxy) is 1. The summed E-state index contributed by atoms with van der Waals surface area (Å²) in [6.45, 7) is 0.190. The summed E-state index contributed by atoms with van der Waals surface area (Å²) >= 11 is 0. The number of aliphatic hydroxyl groups is 1. The van der Waals surface area contributed by atoms with E-state index >= 15 is 0 Å². The third-order valence-electron chi connectivity index (χ3n) is 1.91. The average Bonchev–Trinajstić information content (AvgIpc) is 2.31. The van der Waals surface area contributed by atoms with Crippen molar-refractivity contribution in [2.75, 3.05) is 20.3 Å². The van der Waals surface area contributed by atoms with E-state index in [-0.39, 0.29) is 18.9 Å². The summed E-state index contributed by atoms with van der Waals surface area (Å²) < 4.78 is 4.55. The Bertz CT molecular complexity index is 401. The zero-order valence-corrected chi connectivity index (χ0v) is 8.88. The van der Waals surface area contributed by atoms with Crippen LogP contribution in [0.1, 0.15) is 15.9 Å². The number of hydrogen-bond donors (Lipinski definition) is 2. The lowest BCUT2D eigenvalue weighted by molar-refractivity contribution is 0.0600. The van der Waals surface area contributed by atoms with Gasteiger partial charge in [0.25, 0.3) is 0 Å². The molecule has 0 atom stereocenters. The van der Waals surface area contributed by atoms with Gasteiger partial charge in [0, 0.05) is 11.8 Å². The number of aliphatic imine (C=N–C) groups is 1. The molecular formula is C11H13NO4. The molecule has 0 amide bonds. The number of hydrogen-bond acceptors (Lipinski definition) is 5. The molecule has 0 saturated carbocycles. The minimum Gasteiger partial charge on any atom is -0.507 e. The summed E-state index contributed by atoms with van der Waals surface area (Å²) in [6.07, 6.45) is 1.40. The summed E-state index contributed by atoms with van der Waals surface area (Å²) in [6, 6.07) is 4.33. The predicted octanol–water partition coefficient (Wildman–Crippen LogP) is 0.590. The van der Waals surface area contributed by atoms with Crippen LogP contribution in [0, 0.1) is 0 Å². The van der Waals surface area contributed by atoms with Crippen LogP contribution in [-0.4, -0.2) is 42.7 Å². The molecule has 0 radical (unpaired) electrons. The van der Waals surface area contributed by atoms with Gasteiger partial charge in [0.05, 0.1) is 25.8 Å². The first kappa shape index (κ1) is 12.2. The molecular weight excluding hydrogens is 210 g/mol. The van der Waals surface area contributed by atoms with Crippen molar-refractivity contribution in [1.82, 2.24) is 0 Å². The lowest BCUT2D eigenvalue weighted by atomic mass is 10.1. The molecule has 0 spiro atoms. The number of phenols is 1. The monoisotopic (exact) mass is 223 g/mol. The number of carbonyl (C=O) groups excluding carboxylic acids is 1. The molecule has 0 unspecified atom stereocenters. The molecule has 2 N–H and O–H groups in total. The van der Waals surface area contributed by atoms with E-state index in [1.165, 1.54) is 31.5 Å². The minimum absolute atomic E-state index is 0.0225. The van der Waals surface area contributed by atoms with E-state index in [4.69, 9.17) is 5.11 Å². The van der Waals surface area contributed by atoms with Gasteiger partial charge in [-0.1, -0.05) is 0 Å². The van der Waals surface area contributed by atoms with Crippen molar-refractivity contribution >= 4 is 12.2 Å². The van der Waals surface area contributed by atoms with Gasteiger partial charge in [-0.25, -0.2) is 4.79 Å². The Morgan fingerprint density at radius 3 is 2.94 bits per heavy atom. The largest absolute Gasteiger partial charge is 0.507 e. The molecule has 1 aromatic carbocycles. The maximum Gasteiger partial charge on any atom is 0.337 e. The fourth-order valence-electron chi connectivity index (χ4n) is 1.12. The minimum atomic E-state index is -0.475. The van der Waals surface area contributed by atoms with Crippen molar-refractivity contribution in [1.29, 1.82) is 0 Å². The lowest BCUT2D eigenvalue weighted by Crippen LogP contribution is -2.01. The summed E-state index contributed by atoms with van der Waals surface area (Å²) in [5.41, 5.74) is 0.752. The fraction of sp³-hybridized carbons (Fsp3) is 0.273. The molecule has 0 saturated heterocycles. The van der Waals surface area contributed by atoms with Crippen LogP contribution in [-0.2, 0) is 4.74 Å². The smallest absolute Gasteiger partial charge is 0.337 e.